The largest absolute Gasteiger partial charge is 0.364 e. The van der Waals surface area contributed by atoms with Crippen molar-refractivity contribution in [3.05, 3.63) is 30.4 Å². The van der Waals surface area contributed by atoms with E-state index >= 15 is 0 Å². The second kappa shape index (κ2) is 2.34. The van der Waals surface area contributed by atoms with Crippen LogP contribution < -0.4 is 5.73 Å². The van der Waals surface area contributed by atoms with Gasteiger partial charge in [-0.1, -0.05) is 0 Å². The van der Waals surface area contributed by atoms with E-state index in [1.54, 1.807) is 18.6 Å². The number of amides is 1. The lowest BCUT2D eigenvalue weighted by atomic mass is 10.2. The van der Waals surface area contributed by atoms with Gasteiger partial charge in [-0.25, -0.2) is 0 Å². The highest BCUT2D eigenvalue weighted by molar-refractivity contribution is 6.04. The van der Waals surface area contributed by atoms with Crippen molar-refractivity contribution >= 4 is 16.7 Å². The average Bonchev–Trinajstić information content (AvgIpc) is 2.47. The number of nitrogens with zero attached hydrogens (tertiary/aromatic N) is 1. The number of nitrogens with two attached hydrogens (primary N) is 1. The van der Waals surface area contributed by atoms with E-state index in [0.717, 1.165) is 10.8 Å². The number of carbonyl (C=O) groups excluding carboxylic acids is 1. The van der Waals surface area contributed by atoms with E-state index in [4.69, 9.17) is 5.73 Å². The van der Waals surface area contributed by atoms with Crippen LogP contribution in [0.2, 0.25) is 0 Å². The van der Waals surface area contributed by atoms with Crippen molar-refractivity contribution in [1.29, 1.82) is 0 Å². The summed E-state index contributed by atoms with van der Waals surface area (Å²) in [5.41, 5.74) is 5.54. The Balaban J connectivity index is 2.79. The quantitative estimate of drug-likeness (QED) is 0.644. The minimum absolute atomic E-state index is 0.415. The lowest BCUT2D eigenvalue weighted by molar-refractivity contribution is 0.0997. The molecule has 0 unspecified atom stereocenters. The standard InChI is InChI=1S/C8H7N3O/c9-8(12)7-6-4-10-2-1-5(6)3-11-7/h1-4,11H,(H2,9,12). The summed E-state index contributed by atoms with van der Waals surface area (Å²) in [7, 11) is 0. The Morgan fingerprint density at radius 1 is 1.58 bits per heavy atom. The summed E-state index contributed by atoms with van der Waals surface area (Å²) in [4.78, 5) is 17.5. The average molecular weight is 161 g/mol. The Hall–Kier alpha value is -1.84. The van der Waals surface area contributed by atoms with Crippen molar-refractivity contribution in [1.82, 2.24) is 9.97 Å². The third-order valence-electron chi connectivity index (χ3n) is 1.74. The number of primary amides is 1. The molecule has 0 bridgehead atoms. The molecule has 0 aliphatic carbocycles. The number of rotatable bonds is 1. The highest BCUT2D eigenvalue weighted by atomic mass is 16.1. The van der Waals surface area contributed by atoms with E-state index in [1.165, 1.54) is 0 Å². The molecule has 2 aromatic rings. The molecule has 2 rings (SSSR count). The van der Waals surface area contributed by atoms with Gasteiger partial charge < -0.3 is 10.7 Å². The van der Waals surface area contributed by atoms with Crippen LogP contribution in [-0.4, -0.2) is 15.9 Å². The van der Waals surface area contributed by atoms with Crippen molar-refractivity contribution < 1.29 is 4.79 Å². The van der Waals surface area contributed by atoms with Crippen molar-refractivity contribution in [2.75, 3.05) is 0 Å². The van der Waals surface area contributed by atoms with E-state index in [1.807, 2.05) is 6.07 Å². The molecule has 0 fully saturated rings. The maximum Gasteiger partial charge on any atom is 0.265 e. The van der Waals surface area contributed by atoms with E-state index < -0.39 is 5.91 Å². The van der Waals surface area contributed by atoms with Gasteiger partial charge in [-0.3, -0.25) is 9.78 Å². The van der Waals surface area contributed by atoms with Crippen molar-refractivity contribution in [3.63, 3.8) is 0 Å². The monoisotopic (exact) mass is 161 g/mol. The summed E-state index contributed by atoms with van der Waals surface area (Å²) in [5, 5.41) is 1.71. The number of hydrogen-bond donors (Lipinski definition) is 2. The van der Waals surface area contributed by atoms with Gasteiger partial charge in [0, 0.05) is 29.4 Å². The van der Waals surface area contributed by atoms with E-state index in [9.17, 15) is 4.79 Å². The normalized spacial score (nSPS) is 10.3. The molecule has 0 atom stereocenters. The first-order valence-electron chi connectivity index (χ1n) is 3.50. The smallest absolute Gasteiger partial charge is 0.265 e. The van der Waals surface area contributed by atoms with Crippen LogP contribution in [-0.2, 0) is 0 Å². The Labute approximate surface area is 68.4 Å². The molecule has 0 saturated heterocycles. The minimum Gasteiger partial charge on any atom is -0.364 e. The van der Waals surface area contributed by atoms with Gasteiger partial charge in [0.15, 0.2) is 0 Å². The van der Waals surface area contributed by atoms with Crippen LogP contribution in [0.15, 0.2) is 24.7 Å². The predicted molar refractivity (Wildman–Crippen MR) is 44.6 cm³/mol. The molecule has 0 aliphatic heterocycles. The zero-order valence-corrected chi connectivity index (χ0v) is 6.24. The van der Waals surface area contributed by atoms with E-state index in [-0.39, 0.29) is 0 Å². The minimum atomic E-state index is -0.460. The SMILES string of the molecule is NC(=O)c1[nH]cc2ccncc12. The fraction of sp³-hybridized carbons (Fsp3) is 0. The molecule has 2 heterocycles. The number of hydrogen-bond acceptors (Lipinski definition) is 2. The van der Waals surface area contributed by atoms with Gasteiger partial charge >= 0.3 is 0 Å². The molecule has 4 heteroatoms. The van der Waals surface area contributed by atoms with Gasteiger partial charge in [0.05, 0.1) is 0 Å². The zero-order chi connectivity index (χ0) is 8.55. The Morgan fingerprint density at radius 2 is 2.42 bits per heavy atom. The first kappa shape index (κ1) is 6.84. The number of carbonyl (C=O) groups is 1. The Kier molecular flexibility index (Phi) is 1.33. The van der Waals surface area contributed by atoms with Crippen molar-refractivity contribution in [2.24, 2.45) is 5.73 Å². The highest BCUT2D eigenvalue weighted by Gasteiger charge is 2.06. The van der Waals surface area contributed by atoms with Crippen LogP contribution in [0, 0.1) is 0 Å². The molecule has 60 valence electrons. The molecule has 0 aromatic carbocycles. The fourth-order valence-corrected chi connectivity index (χ4v) is 1.17. The number of nitrogens with one attached hydrogen (secondary N) is 1. The van der Waals surface area contributed by atoms with Gasteiger partial charge in [0.1, 0.15) is 5.69 Å². The van der Waals surface area contributed by atoms with Crippen LogP contribution in [0.1, 0.15) is 10.5 Å². The molecule has 0 aliphatic rings. The molecule has 4 nitrogen and oxygen atoms in total. The third-order valence-corrected chi connectivity index (χ3v) is 1.74. The van der Waals surface area contributed by atoms with Gasteiger partial charge in [-0.2, -0.15) is 0 Å². The van der Waals surface area contributed by atoms with Crippen molar-refractivity contribution in [2.45, 2.75) is 0 Å². The summed E-state index contributed by atoms with van der Waals surface area (Å²) >= 11 is 0. The van der Waals surface area contributed by atoms with E-state index in [0.29, 0.717) is 5.69 Å². The molecular weight excluding hydrogens is 154 g/mol. The first-order chi connectivity index (χ1) is 5.79. The lowest BCUT2D eigenvalue weighted by Crippen LogP contribution is -2.11. The molecule has 12 heavy (non-hydrogen) atoms. The number of pyridine rings is 1. The highest BCUT2D eigenvalue weighted by Crippen LogP contribution is 2.15. The summed E-state index contributed by atoms with van der Waals surface area (Å²) < 4.78 is 0. The van der Waals surface area contributed by atoms with Crippen molar-refractivity contribution in [3.8, 4) is 0 Å². The Bertz CT molecular complexity index is 433. The second-order valence-electron chi connectivity index (χ2n) is 2.49. The molecule has 1 amide bonds. The second-order valence-corrected chi connectivity index (χ2v) is 2.49. The number of fused-ring (bicyclic) bond motifs is 1. The van der Waals surface area contributed by atoms with Gasteiger partial charge in [-0.05, 0) is 6.07 Å². The number of aromatic nitrogens is 2. The van der Waals surface area contributed by atoms with Crippen LogP contribution in [0.3, 0.4) is 0 Å². The van der Waals surface area contributed by atoms with Gasteiger partial charge in [-0.15, -0.1) is 0 Å². The maximum atomic E-state index is 10.8. The summed E-state index contributed by atoms with van der Waals surface area (Å²) in [6, 6.07) is 1.82. The topological polar surface area (TPSA) is 71.8 Å². The molecular formula is C8H7N3O. The van der Waals surface area contributed by atoms with Crippen LogP contribution in [0.4, 0.5) is 0 Å². The zero-order valence-electron chi connectivity index (χ0n) is 6.24. The van der Waals surface area contributed by atoms with Crippen LogP contribution >= 0.6 is 0 Å². The van der Waals surface area contributed by atoms with Gasteiger partial charge in [0.2, 0.25) is 0 Å². The van der Waals surface area contributed by atoms with Crippen LogP contribution in [0.5, 0.6) is 0 Å². The maximum absolute atomic E-state index is 10.8. The number of H-pyrrole nitrogens is 1. The third kappa shape index (κ3) is 0.852. The van der Waals surface area contributed by atoms with Crippen LogP contribution in [0.25, 0.3) is 10.8 Å². The van der Waals surface area contributed by atoms with Gasteiger partial charge in [0.25, 0.3) is 5.91 Å². The van der Waals surface area contributed by atoms with E-state index in [2.05, 4.69) is 9.97 Å². The molecule has 0 saturated carbocycles. The summed E-state index contributed by atoms with van der Waals surface area (Å²) in [6.07, 6.45) is 5.02. The summed E-state index contributed by atoms with van der Waals surface area (Å²) in [5.74, 6) is -0.460. The summed E-state index contributed by atoms with van der Waals surface area (Å²) in [6.45, 7) is 0. The number of aromatic amines is 1. The molecule has 0 spiro atoms. The molecule has 0 radical (unpaired) electrons. The first-order valence-corrected chi connectivity index (χ1v) is 3.50. The lowest BCUT2D eigenvalue weighted by Gasteiger charge is -1.90. The molecule has 2 aromatic heterocycles. The predicted octanol–water partition coefficient (Wildman–Crippen LogP) is 0.662. The molecule has 3 N–H and O–H groups in total. The Morgan fingerprint density at radius 3 is 3.17 bits per heavy atom. The fourth-order valence-electron chi connectivity index (χ4n) is 1.17.